The van der Waals surface area contributed by atoms with Crippen LogP contribution in [0.3, 0.4) is 0 Å². The summed E-state index contributed by atoms with van der Waals surface area (Å²) in [5.41, 5.74) is 1.62. The van der Waals surface area contributed by atoms with Crippen LogP contribution in [0.5, 0.6) is 0 Å². The van der Waals surface area contributed by atoms with Crippen LogP contribution >= 0.6 is 0 Å². The standard InChI is InChI=1S/C20H17N5O5S2/c21-32(29,30)18-3-1-2-17(9-18)31(27,28)16-6-4-13(5-7-16)10-23-20(26)15-8-14-12-24-25-19(14)22-11-15/h1-9,11-12H,10H2,(H,23,26)(H2,21,29,30)(H,22,24,25). The van der Waals surface area contributed by atoms with Gasteiger partial charge in [-0.25, -0.2) is 27.0 Å². The molecule has 0 bridgehead atoms. The van der Waals surface area contributed by atoms with Gasteiger partial charge < -0.3 is 5.32 Å². The number of hydrogen-bond acceptors (Lipinski definition) is 7. The molecule has 0 radical (unpaired) electrons. The van der Waals surface area contributed by atoms with Gasteiger partial charge >= 0.3 is 0 Å². The van der Waals surface area contributed by atoms with Gasteiger partial charge in [0.1, 0.15) is 0 Å². The van der Waals surface area contributed by atoms with Crippen LogP contribution in [0.4, 0.5) is 0 Å². The molecule has 164 valence electrons. The van der Waals surface area contributed by atoms with E-state index in [1.165, 1.54) is 36.5 Å². The maximum atomic E-state index is 12.8. The zero-order chi connectivity index (χ0) is 22.9. The van der Waals surface area contributed by atoms with Crippen molar-refractivity contribution < 1.29 is 21.6 Å². The third kappa shape index (κ3) is 4.37. The van der Waals surface area contributed by atoms with E-state index in [2.05, 4.69) is 20.5 Å². The molecule has 32 heavy (non-hydrogen) atoms. The predicted octanol–water partition coefficient (Wildman–Crippen LogP) is 1.37. The van der Waals surface area contributed by atoms with Gasteiger partial charge in [-0.2, -0.15) is 5.10 Å². The van der Waals surface area contributed by atoms with Crippen molar-refractivity contribution in [2.45, 2.75) is 21.2 Å². The van der Waals surface area contributed by atoms with Crippen molar-refractivity contribution in [3.8, 4) is 0 Å². The molecule has 0 aliphatic carbocycles. The molecule has 0 saturated carbocycles. The van der Waals surface area contributed by atoms with Crippen LogP contribution in [0.2, 0.25) is 0 Å². The van der Waals surface area contributed by atoms with Crippen LogP contribution in [-0.2, 0) is 26.4 Å². The number of H-pyrrole nitrogens is 1. The smallest absolute Gasteiger partial charge is 0.253 e. The van der Waals surface area contributed by atoms with E-state index in [1.54, 1.807) is 24.4 Å². The Hall–Kier alpha value is -3.61. The minimum absolute atomic E-state index is 0.0197. The predicted molar refractivity (Wildman–Crippen MR) is 115 cm³/mol. The lowest BCUT2D eigenvalue weighted by atomic mass is 10.2. The van der Waals surface area contributed by atoms with Gasteiger partial charge in [-0.05, 0) is 42.0 Å². The number of carbonyl (C=O) groups excluding carboxylic acids is 1. The summed E-state index contributed by atoms with van der Waals surface area (Å²) in [5.74, 6) is -0.336. The number of hydrogen-bond donors (Lipinski definition) is 3. The molecule has 12 heteroatoms. The third-order valence-electron chi connectivity index (χ3n) is 4.68. The first-order valence-electron chi connectivity index (χ1n) is 9.19. The minimum Gasteiger partial charge on any atom is -0.348 e. The van der Waals surface area contributed by atoms with Gasteiger partial charge in [0.05, 0.1) is 26.4 Å². The molecule has 0 unspecified atom stereocenters. The second-order valence-corrected chi connectivity index (χ2v) is 10.4. The monoisotopic (exact) mass is 471 g/mol. The van der Waals surface area contributed by atoms with E-state index >= 15 is 0 Å². The number of carbonyl (C=O) groups is 1. The summed E-state index contributed by atoms with van der Waals surface area (Å²) < 4.78 is 48.7. The SMILES string of the molecule is NS(=O)(=O)c1cccc(S(=O)(=O)c2ccc(CNC(=O)c3cnc4[nH]ncc4c3)cc2)c1. The van der Waals surface area contributed by atoms with Crippen LogP contribution < -0.4 is 10.5 Å². The minimum atomic E-state index is -4.04. The fourth-order valence-corrected chi connectivity index (χ4v) is 4.93. The molecule has 1 amide bonds. The largest absolute Gasteiger partial charge is 0.348 e. The highest BCUT2D eigenvalue weighted by atomic mass is 32.2. The van der Waals surface area contributed by atoms with Gasteiger partial charge in [0.15, 0.2) is 5.65 Å². The normalized spacial score (nSPS) is 12.0. The Kier molecular flexibility index (Phi) is 5.50. The van der Waals surface area contributed by atoms with E-state index < -0.39 is 19.9 Å². The lowest BCUT2D eigenvalue weighted by molar-refractivity contribution is 0.0950. The van der Waals surface area contributed by atoms with Crippen LogP contribution in [0.1, 0.15) is 15.9 Å². The average Bonchev–Trinajstić information content (AvgIpc) is 3.25. The molecular formula is C20H17N5O5S2. The molecule has 0 spiro atoms. The first-order chi connectivity index (χ1) is 15.1. The molecule has 10 nitrogen and oxygen atoms in total. The van der Waals surface area contributed by atoms with E-state index in [9.17, 15) is 21.6 Å². The number of aromatic amines is 1. The quantitative estimate of drug-likeness (QED) is 0.382. The van der Waals surface area contributed by atoms with Crippen LogP contribution in [0.25, 0.3) is 11.0 Å². The van der Waals surface area contributed by atoms with Crippen molar-refractivity contribution in [3.05, 3.63) is 78.1 Å². The average molecular weight is 472 g/mol. The molecule has 4 rings (SSSR count). The number of amides is 1. The number of benzene rings is 2. The second-order valence-electron chi connectivity index (χ2n) is 6.88. The van der Waals surface area contributed by atoms with Crippen molar-refractivity contribution in [2.75, 3.05) is 0 Å². The molecule has 2 heterocycles. The number of nitrogens with one attached hydrogen (secondary N) is 2. The van der Waals surface area contributed by atoms with Crippen molar-refractivity contribution in [2.24, 2.45) is 5.14 Å². The van der Waals surface area contributed by atoms with Gasteiger partial charge in [-0.3, -0.25) is 9.89 Å². The summed E-state index contributed by atoms with van der Waals surface area (Å²) in [7, 11) is -7.99. The molecule has 0 aliphatic rings. The van der Waals surface area contributed by atoms with Gasteiger partial charge in [-0.1, -0.05) is 18.2 Å². The van der Waals surface area contributed by atoms with Crippen molar-refractivity contribution in [1.29, 1.82) is 0 Å². The highest BCUT2D eigenvalue weighted by molar-refractivity contribution is 7.91. The van der Waals surface area contributed by atoms with E-state index in [-0.39, 0.29) is 27.1 Å². The highest BCUT2D eigenvalue weighted by Gasteiger charge is 2.20. The lowest BCUT2D eigenvalue weighted by Gasteiger charge is -2.08. The molecule has 2 aromatic carbocycles. The van der Waals surface area contributed by atoms with Crippen LogP contribution in [0.15, 0.2) is 81.7 Å². The van der Waals surface area contributed by atoms with Gasteiger partial charge in [0, 0.05) is 18.1 Å². The van der Waals surface area contributed by atoms with Crippen molar-refractivity contribution in [3.63, 3.8) is 0 Å². The Morgan fingerprint density at radius 1 is 0.938 bits per heavy atom. The van der Waals surface area contributed by atoms with Crippen LogP contribution in [0, 0.1) is 0 Å². The molecule has 2 aromatic heterocycles. The fraction of sp³-hybridized carbons (Fsp3) is 0.0500. The Morgan fingerprint density at radius 3 is 2.38 bits per heavy atom. The van der Waals surface area contributed by atoms with E-state index in [0.29, 0.717) is 22.2 Å². The lowest BCUT2D eigenvalue weighted by Crippen LogP contribution is -2.22. The molecule has 0 fully saturated rings. The Bertz CT molecular complexity index is 1530. The number of nitrogens with two attached hydrogens (primary N) is 1. The summed E-state index contributed by atoms with van der Waals surface area (Å²) >= 11 is 0. The summed E-state index contributed by atoms with van der Waals surface area (Å²) in [5, 5.41) is 15.1. The molecule has 4 aromatic rings. The maximum Gasteiger partial charge on any atom is 0.253 e. The number of nitrogens with zero attached hydrogens (tertiary/aromatic N) is 2. The van der Waals surface area contributed by atoms with Crippen LogP contribution in [-0.4, -0.2) is 37.9 Å². The number of rotatable bonds is 6. The molecule has 0 aliphatic heterocycles. The third-order valence-corrected chi connectivity index (χ3v) is 7.36. The van der Waals surface area contributed by atoms with E-state index in [4.69, 9.17) is 5.14 Å². The zero-order valence-electron chi connectivity index (χ0n) is 16.4. The first-order valence-corrected chi connectivity index (χ1v) is 12.2. The number of aromatic nitrogens is 3. The second kappa shape index (κ2) is 8.15. The number of fused-ring (bicyclic) bond motifs is 1. The van der Waals surface area contributed by atoms with Crippen molar-refractivity contribution >= 4 is 36.8 Å². The van der Waals surface area contributed by atoms with Gasteiger partial charge in [0.25, 0.3) is 5.91 Å². The number of primary sulfonamides is 1. The van der Waals surface area contributed by atoms with Crippen molar-refractivity contribution in [1.82, 2.24) is 20.5 Å². The van der Waals surface area contributed by atoms with E-state index in [0.717, 1.165) is 6.07 Å². The molecule has 4 N–H and O–H groups in total. The summed E-state index contributed by atoms with van der Waals surface area (Å²) in [6, 6.07) is 12.4. The fourth-order valence-electron chi connectivity index (χ4n) is 2.99. The summed E-state index contributed by atoms with van der Waals surface area (Å²) in [6.07, 6.45) is 3.00. The van der Waals surface area contributed by atoms with Gasteiger partial charge in [-0.15, -0.1) is 0 Å². The Balaban J connectivity index is 1.48. The highest BCUT2D eigenvalue weighted by Crippen LogP contribution is 2.23. The topological polar surface area (TPSA) is 165 Å². The summed E-state index contributed by atoms with van der Waals surface area (Å²) in [4.78, 5) is 16.0. The number of pyridine rings is 1. The molecule has 0 atom stereocenters. The maximum absolute atomic E-state index is 12.8. The molecule has 0 saturated heterocycles. The Morgan fingerprint density at radius 2 is 1.66 bits per heavy atom. The zero-order valence-corrected chi connectivity index (χ0v) is 18.0. The number of sulfone groups is 1. The van der Waals surface area contributed by atoms with Gasteiger partial charge in [0.2, 0.25) is 19.9 Å². The Labute approximate surface area is 183 Å². The molecular weight excluding hydrogens is 454 g/mol. The summed E-state index contributed by atoms with van der Waals surface area (Å²) in [6.45, 7) is 0.170. The first kappa shape index (κ1) is 21.6. The number of sulfonamides is 1. The van der Waals surface area contributed by atoms with E-state index in [1.807, 2.05) is 0 Å².